The van der Waals surface area contributed by atoms with Gasteiger partial charge in [-0.15, -0.1) is 0 Å². The summed E-state index contributed by atoms with van der Waals surface area (Å²) >= 11 is 0. The average Bonchev–Trinajstić information content (AvgIpc) is 2.42. The molecule has 1 saturated heterocycles. The van der Waals surface area contributed by atoms with Crippen LogP contribution in [0.15, 0.2) is 0 Å². The molecule has 0 radical (unpaired) electrons. The fourth-order valence-corrected chi connectivity index (χ4v) is 2.70. The van der Waals surface area contributed by atoms with Crippen molar-refractivity contribution in [1.29, 1.82) is 0 Å². The highest BCUT2D eigenvalue weighted by atomic mass is 32.2. The minimum Gasteiger partial charge on any atom is -0.355 e. The number of rotatable bonds is 5. The van der Waals surface area contributed by atoms with E-state index in [0.717, 1.165) is 6.26 Å². The van der Waals surface area contributed by atoms with E-state index in [1.807, 2.05) is 0 Å². The first-order valence-electron chi connectivity index (χ1n) is 7.08. The maximum atomic E-state index is 12.4. The molecule has 21 heavy (non-hydrogen) atoms. The number of nitrogens with zero attached hydrogens (tertiary/aromatic N) is 1. The highest BCUT2D eigenvalue weighted by molar-refractivity contribution is 7.92. The van der Waals surface area contributed by atoms with E-state index in [2.05, 4.69) is 5.32 Å². The minimum atomic E-state index is -3.51. The second kappa shape index (κ2) is 6.74. The smallest absolute Gasteiger partial charge is 0.243 e. The third-order valence-electron chi connectivity index (χ3n) is 3.96. The van der Waals surface area contributed by atoms with Crippen LogP contribution in [0.5, 0.6) is 0 Å². The van der Waals surface area contributed by atoms with Gasteiger partial charge in [0, 0.05) is 32.4 Å². The number of hydrogen-bond donors (Lipinski definition) is 2. The Labute approximate surface area is 126 Å². The van der Waals surface area contributed by atoms with E-state index in [1.54, 1.807) is 0 Å². The molecule has 0 aromatic carbocycles. The molecule has 1 aliphatic heterocycles. The minimum absolute atomic E-state index is 0.130. The summed E-state index contributed by atoms with van der Waals surface area (Å²) in [4.78, 5) is 25.9. The van der Waals surface area contributed by atoms with Crippen LogP contribution in [0.25, 0.3) is 0 Å². The van der Waals surface area contributed by atoms with Gasteiger partial charge in [0.25, 0.3) is 0 Å². The predicted octanol–water partition coefficient (Wildman–Crippen LogP) is -0.877. The van der Waals surface area contributed by atoms with Gasteiger partial charge in [0.1, 0.15) is 4.75 Å². The van der Waals surface area contributed by atoms with Crippen molar-refractivity contribution in [3.63, 3.8) is 0 Å². The van der Waals surface area contributed by atoms with Crippen LogP contribution < -0.4 is 11.1 Å². The van der Waals surface area contributed by atoms with Crippen LogP contribution >= 0.6 is 0 Å². The van der Waals surface area contributed by atoms with E-state index < -0.39 is 20.5 Å². The summed E-state index contributed by atoms with van der Waals surface area (Å²) in [6.07, 6.45) is 2.44. The Balaban J connectivity index is 2.77. The lowest BCUT2D eigenvalue weighted by atomic mass is 9.96. The largest absolute Gasteiger partial charge is 0.355 e. The molecule has 0 spiro atoms. The Morgan fingerprint density at radius 3 is 2.52 bits per heavy atom. The molecule has 1 aliphatic rings. The fraction of sp³-hybridized carbons (Fsp3) is 0.846. The molecule has 1 rings (SSSR count). The van der Waals surface area contributed by atoms with E-state index in [0.29, 0.717) is 32.5 Å². The summed E-state index contributed by atoms with van der Waals surface area (Å²) in [7, 11) is -3.51. The van der Waals surface area contributed by atoms with Crippen molar-refractivity contribution in [1.82, 2.24) is 10.2 Å². The number of piperidine rings is 1. The third kappa shape index (κ3) is 4.16. The molecule has 0 aliphatic carbocycles. The number of nitrogens with one attached hydrogen (secondary N) is 1. The molecule has 0 bridgehead atoms. The van der Waals surface area contributed by atoms with Crippen molar-refractivity contribution >= 4 is 21.7 Å². The molecular formula is C13H25N3O4S. The number of likely N-dealkylation sites (tertiary alicyclic amines) is 1. The van der Waals surface area contributed by atoms with Crippen LogP contribution in [0.2, 0.25) is 0 Å². The maximum absolute atomic E-state index is 12.4. The van der Waals surface area contributed by atoms with Crippen molar-refractivity contribution < 1.29 is 18.0 Å². The summed E-state index contributed by atoms with van der Waals surface area (Å²) in [6, 6.07) is 0. The lowest BCUT2D eigenvalue weighted by Gasteiger charge is -2.36. The van der Waals surface area contributed by atoms with Crippen LogP contribution in [-0.4, -0.2) is 62.3 Å². The van der Waals surface area contributed by atoms with Gasteiger partial charge in [-0.1, -0.05) is 0 Å². The zero-order valence-electron chi connectivity index (χ0n) is 12.9. The zero-order valence-corrected chi connectivity index (χ0v) is 13.7. The molecule has 0 aromatic rings. The number of hydrogen-bond acceptors (Lipinski definition) is 5. The first-order valence-corrected chi connectivity index (χ1v) is 8.97. The first-order chi connectivity index (χ1) is 9.61. The van der Waals surface area contributed by atoms with Crippen LogP contribution in [0.4, 0.5) is 0 Å². The molecule has 7 nitrogen and oxygen atoms in total. The normalized spacial score (nSPS) is 20.2. The van der Waals surface area contributed by atoms with E-state index in [9.17, 15) is 18.0 Å². The standard InChI is InChI=1S/C13H25N3O4S/c1-13(2,21(3,19)20)12(18)16-8-4-5-10(9-16)11(17)15-7-6-14/h10H,4-9,14H2,1-3H3,(H,15,17). The van der Waals surface area contributed by atoms with Gasteiger partial charge in [0.05, 0.1) is 5.92 Å². The number of carbonyl (C=O) groups excluding carboxylic acids is 2. The second-order valence-corrected chi connectivity index (χ2v) is 8.52. The van der Waals surface area contributed by atoms with E-state index in [1.165, 1.54) is 18.7 Å². The monoisotopic (exact) mass is 319 g/mol. The lowest BCUT2D eigenvalue weighted by molar-refractivity contribution is -0.137. The average molecular weight is 319 g/mol. The quantitative estimate of drug-likeness (QED) is 0.684. The molecule has 0 aromatic heterocycles. The highest BCUT2D eigenvalue weighted by Crippen LogP contribution is 2.23. The van der Waals surface area contributed by atoms with Crippen molar-refractivity contribution in [2.75, 3.05) is 32.4 Å². The van der Waals surface area contributed by atoms with E-state index >= 15 is 0 Å². The summed E-state index contributed by atoms with van der Waals surface area (Å²) in [5.74, 6) is -0.874. The maximum Gasteiger partial charge on any atom is 0.243 e. The summed E-state index contributed by atoms with van der Waals surface area (Å²) in [6.45, 7) is 4.32. The zero-order chi connectivity index (χ0) is 16.3. The van der Waals surface area contributed by atoms with Gasteiger partial charge in [-0.2, -0.15) is 0 Å². The number of carbonyl (C=O) groups is 2. The lowest BCUT2D eigenvalue weighted by Crippen LogP contribution is -2.54. The Morgan fingerprint density at radius 1 is 1.38 bits per heavy atom. The Morgan fingerprint density at radius 2 is 2.00 bits per heavy atom. The number of nitrogens with two attached hydrogens (primary N) is 1. The third-order valence-corrected chi connectivity index (χ3v) is 5.99. The number of sulfone groups is 1. The van der Waals surface area contributed by atoms with Gasteiger partial charge in [-0.3, -0.25) is 9.59 Å². The first kappa shape index (κ1) is 17.9. The molecular weight excluding hydrogens is 294 g/mol. The van der Waals surface area contributed by atoms with Gasteiger partial charge in [-0.05, 0) is 26.7 Å². The molecule has 8 heteroatoms. The Kier molecular flexibility index (Phi) is 5.75. The molecule has 3 N–H and O–H groups in total. The van der Waals surface area contributed by atoms with Crippen molar-refractivity contribution in [2.45, 2.75) is 31.4 Å². The summed E-state index contributed by atoms with van der Waals surface area (Å²) < 4.78 is 22.0. The Hall–Kier alpha value is -1.15. The topological polar surface area (TPSA) is 110 Å². The molecule has 1 atom stereocenters. The molecule has 1 unspecified atom stereocenters. The second-order valence-electron chi connectivity index (χ2n) is 5.95. The number of amides is 2. The molecule has 0 saturated carbocycles. The van der Waals surface area contributed by atoms with E-state index in [-0.39, 0.29) is 18.4 Å². The molecule has 2 amide bonds. The van der Waals surface area contributed by atoms with Gasteiger partial charge >= 0.3 is 0 Å². The predicted molar refractivity (Wildman–Crippen MR) is 80.3 cm³/mol. The SMILES string of the molecule is CC(C)(C(=O)N1CCCC(C(=O)NCCN)C1)S(C)(=O)=O. The summed E-state index contributed by atoms with van der Waals surface area (Å²) in [5.41, 5.74) is 5.34. The van der Waals surface area contributed by atoms with Crippen LogP contribution in [0, 0.1) is 5.92 Å². The van der Waals surface area contributed by atoms with Gasteiger partial charge in [0.15, 0.2) is 9.84 Å². The van der Waals surface area contributed by atoms with Crippen molar-refractivity contribution in [3.05, 3.63) is 0 Å². The van der Waals surface area contributed by atoms with Crippen LogP contribution in [0.1, 0.15) is 26.7 Å². The highest BCUT2D eigenvalue weighted by Gasteiger charge is 2.42. The van der Waals surface area contributed by atoms with Crippen molar-refractivity contribution in [3.8, 4) is 0 Å². The Bertz CT molecular complexity index is 502. The fourth-order valence-electron chi connectivity index (χ4n) is 2.25. The van der Waals surface area contributed by atoms with Gasteiger partial charge in [-0.25, -0.2) is 8.42 Å². The molecule has 1 fully saturated rings. The molecule has 1 heterocycles. The van der Waals surface area contributed by atoms with Crippen molar-refractivity contribution in [2.24, 2.45) is 11.7 Å². The van der Waals surface area contributed by atoms with Gasteiger partial charge < -0.3 is 16.0 Å². The molecule has 122 valence electrons. The van der Waals surface area contributed by atoms with Crippen LogP contribution in [-0.2, 0) is 19.4 Å². The van der Waals surface area contributed by atoms with Crippen LogP contribution in [0.3, 0.4) is 0 Å². The van der Waals surface area contributed by atoms with E-state index in [4.69, 9.17) is 5.73 Å². The summed E-state index contributed by atoms with van der Waals surface area (Å²) in [5, 5.41) is 2.71. The van der Waals surface area contributed by atoms with Gasteiger partial charge in [0.2, 0.25) is 11.8 Å².